The molecule has 1 aromatic rings. The monoisotopic (exact) mass is 302 g/mol. The van der Waals surface area contributed by atoms with Gasteiger partial charge in [-0.2, -0.15) is 13.2 Å². The predicted octanol–water partition coefficient (Wildman–Crippen LogP) is 4.21. The van der Waals surface area contributed by atoms with E-state index >= 15 is 0 Å². The maximum absolute atomic E-state index is 12.6. The van der Waals surface area contributed by atoms with Gasteiger partial charge in [0.1, 0.15) is 6.54 Å². The Morgan fingerprint density at radius 3 is 2.24 bits per heavy atom. The Hall–Kier alpha value is -1.23. The zero-order chi connectivity index (χ0) is 15.9. The summed E-state index contributed by atoms with van der Waals surface area (Å²) in [6.45, 7) is 7.33. The van der Waals surface area contributed by atoms with Crippen LogP contribution in [0.3, 0.4) is 0 Å². The van der Waals surface area contributed by atoms with Crippen LogP contribution < -0.4 is 10.2 Å². The zero-order valence-corrected chi connectivity index (χ0v) is 13.0. The second-order valence-corrected chi connectivity index (χ2v) is 5.73. The summed E-state index contributed by atoms with van der Waals surface area (Å²) >= 11 is 0. The number of alkyl halides is 3. The highest BCUT2D eigenvalue weighted by atomic mass is 19.4. The molecule has 1 N–H and O–H groups in total. The summed E-state index contributed by atoms with van der Waals surface area (Å²) in [5.74, 6) is 0.580. The van der Waals surface area contributed by atoms with Gasteiger partial charge in [0.05, 0.1) is 0 Å². The molecular weight excluding hydrogens is 277 g/mol. The number of halogens is 3. The first-order chi connectivity index (χ1) is 9.81. The molecule has 0 fully saturated rings. The van der Waals surface area contributed by atoms with E-state index in [1.54, 1.807) is 12.1 Å². The summed E-state index contributed by atoms with van der Waals surface area (Å²) in [5.41, 5.74) is 1.71. The minimum Gasteiger partial charge on any atom is -0.363 e. The SMILES string of the molecule is CCCN(CC(F)(F)F)c1ccc(CNCC(C)C)cc1. The quantitative estimate of drug-likeness (QED) is 0.774. The number of anilines is 1. The molecule has 0 aliphatic carbocycles. The molecule has 0 aliphatic heterocycles. The molecule has 0 amide bonds. The van der Waals surface area contributed by atoms with Crippen molar-refractivity contribution in [1.82, 2.24) is 5.32 Å². The van der Waals surface area contributed by atoms with Gasteiger partial charge in [-0.1, -0.05) is 32.9 Å². The third kappa shape index (κ3) is 7.37. The van der Waals surface area contributed by atoms with E-state index < -0.39 is 12.7 Å². The molecule has 0 radical (unpaired) electrons. The average molecular weight is 302 g/mol. The molecule has 0 bridgehead atoms. The molecule has 0 unspecified atom stereocenters. The molecule has 0 heterocycles. The predicted molar refractivity (Wildman–Crippen MR) is 81.5 cm³/mol. The summed E-state index contributed by atoms with van der Waals surface area (Å²) in [5, 5.41) is 3.32. The van der Waals surface area contributed by atoms with Crippen LogP contribution in [0.5, 0.6) is 0 Å². The Morgan fingerprint density at radius 1 is 1.14 bits per heavy atom. The van der Waals surface area contributed by atoms with Crippen LogP contribution in [0.2, 0.25) is 0 Å². The third-order valence-corrected chi connectivity index (χ3v) is 3.05. The van der Waals surface area contributed by atoms with E-state index in [1.165, 1.54) is 4.90 Å². The van der Waals surface area contributed by atoms with Gasteiger partial charge >= 0.3 is 6.18 Å². The highest BCUT2D eigenvalue weighted by molar-refractivity contribution is 5.47. The molecule has 2 nitrogen and oxygen atoms in total. The summed E-state index contributed by atoms with van der Waals surface area (Å²) in [4.78, 5) is 1.38. The van der Waals surface area contributed by atoms with Gasteiger partial charge in [0.2, 0.25) is 0 Å². The first kappa shape index (κ1) is 17.8. The minimum absolute atomic E-state index is 0.407. The summed E-state index contributed by atoms with van der Waals surface area (Å²) in [6.07, 6.45) is -3.49. The number of rotatable bonds is 8. The van der Waals surface area contributed by atoms with Crippen molar-refractivity contribution in [2.24, 2.45) is 5.92 Å². The fraction of sp³-hybridized carbons (Fsp3) is 0.625. The molecule has 1 aromatic carbocycles. The standard InChI is InChI=1S/C16H25F3N2/c1-4-9-21(12-16(17,18)19)15-7-5-14(6-8-15)11-20-10-13(2)3/h5-8,13,20H,4,9-12H2,1-3H3. The van der Waals surface area contributed by atoms with Gasteiger partial charge in [-0.3, -0.25) is 0 Å². The Bertz CT molecular complexity index is 399. The van der Waals surface area contributed by atoms with E-state index in [0.717, 1.165) is 18.7 Å². The average Bonchev–Trinajstić information content (AvgIpc) is 2.37. The van der Waals surface area contributed by atoms with Crippen LogP contribution in [0.1, 0.15) is 32.8 Å². The lowest BCUT2D eigenvalue weighted by Gasteiger charge is -2.25. The highest BCUT2D eigenvalue weighted by Crippen LogP contribution is 2.22. The van der Waals surface area contributed by atoms with Crippen molar-refractivity contribution < 1.29 is 13.2 Å². The Kier molecular flexibility index (Phi) is 7.02. The lowest BCUT2D eigenvalue weighted by Crippen LogP contribution is -2.34. The van der Waals surface area contributed by atoms with Crippen LogP contribution in [-0.2, 0) is 6.54 Å². The molecular formula is C16H25F3N2. The van der Waals surface area contributed by atoms with Crippen LogP contribution in [-0.4, -0.2) is 25.8 Å². The van der Waals surface area contributed by atoms with Crippen molar-refractivity contribution in [3.8, 4) is 0 Å². The largest absolute Gasteiger partial charge is 0.405 e. The van der Waals surface area contributed by atoms with Crippen LogP contribution in [0.4, 0.5) is 18.9 Å². The van der Waals surface area contributed by atoms with Gasteiger partial charge in [0.25, 0.3) is 0 Å². The third-order valence-electron chi connectivity index (χ3n) is 3.05. The van der Waals surface area contributed by atoms with Crippen LogP contribution in [0, 0.1) is 5.92 Å². The van der Waals surface area contributed by atoms with Gasteiger partial charge in [-0.05, 0) is 36.6 Å². The minimum atomic E-state index is -4.17. The molecule has 0 aliphatic rings. The molecule has 21 heavy (non-hydrogen) atoms. The van der Waals surface area contributed by atoms with E-state index in [4.69, 9.17) is 0 Å². The Morgan fingerprint density at radius 2 is 1.76 bits per heavy atom. The Balaban J connectivity index is 2.64. The van der Waals surface area contributed by atoms with Gasteiger partial charge in [-0.25, -0.2) is 0 Å². The van der Waals surface area contributed by atoms with Crippen molar-refractivity contribution in [2.75, 3.05) is 24.5 Å². The zero-order valence-electron chi connectivity index (χ0n) is 13.0. The summed E-state index contributed by atoms with van der Waals surface area (Å²) < 4.78 is 37.8. The van der Waals surface area contributed by atoms with Gasteiger partial charge in [-0.15, -0.1) is 0 Å². The van der Waals surface area contributed by atoms with E-state index in [2.05, 4.69) is 19.2 Å². The molecule has 0 atom stereocenters. The topological polar surface area (TPSA) is 15.3 Å². The van der Waals surface area contributed by atoms with E-state index in [-0.39, 0.29) is 0 Å². The van der Waals surface area contributed by atoms with Crippen molar-refractivity contribution in [2.45, 2.75) is 39.9 Å². The number of nitrogens with one attached hydrogen (secondary N) is 1. The number of benzene rings is 1. The second kappa shape index (κ2) is 8.27. The van der Waals surface area contributed by atoms with E-state index in [1.807, 2.05) is 19.1 Å². The first-order valence-corrected chi connectivity index (χ1v) is 7.43. The molecule has 1 rings (SSSR count). The fourth-order valence-electron chi connectivity index (χ4n) is 2.12. The molecule has 5 heteroatoms. The lowest BCUT2D eigenvalue weighted by atomic mass is 10.1. The smallest absolute Gasteiger partial charge is 0.363 e. The van der Waals surface area contributed by atoms with Crippen molar-refractivity contribution in [3.63, 3.8) is 0 Å². The van der Waals surface area contributed by atoms with E-state index in [9.17, 15) is 13.2 Å². The molecule has 0 spiro atoms. The van der Waals surface area contributed by atoms with Crippen molar-refractivity contribution in [3.05, 3.63) is 29.8 Å². The molecule has 0 saturated carbocycles. The first-order valence-electron chi connectivity index (χ1n) is 7.43. The maximum atomic E-state index is 12.6. The fourth-order valence-corrected chi connectivity index (χ4v) is 2.12. The Labute approximate surface area is 125 Å². The van der Waals surface area contributed by atoms with Crippen molar-refractivity contribution in [1.29, 1.82) is 0 Å². The van der Waals surface area contributed by atoms with Crippen LogP contribution in [0.15, 0.2) is 24.3 Å². The second-order valence-electron chi connectivity index (χ2n) is 5.73. The number of nitrogens with zero attached hydrogens (tertiary/aromatic N) is 1. The maximum Gasteiger partial charge on any atom is 0.405 e. The van der Waals surface area contributed by atoms with Crippen LogP contribution in [0.25, 0.3) is 0 Å². The molecule has 120 valence electrons. The summed E-state index contributed by atoms with van der Waals surface area (Å²) in [7, 11) is 0. The van der Waals surface area contributed by atoms with Gasteiger partial charge < -0.3 is 10.2 Å². The molecule has 0 aromatic heterocycles. The lowest BCUT2D eigenvalue weighted by molar-refractivity contribution is -0.119. The van der Waals surface area contributed by atoms with Gasteiger partial charge in [0.15, 0.2) is 0 Å². The summed E-state index contributed by atoms with van der Waals surface area (Å²) in [6, 6.07) is 7.32. The highest BCUT2D eigenvalue weighted by Gasteiger charge is 2.30. The molecule has 0 saturated heterocycles. The van der Waals surface area contributed by atoms with Crippen LogP contribution >= 0.6 is 0 Å². The van der Waals surface area contributed by atoms with Crippen molar-refractivity contribution >= 4 is 5.69 Å². The van der Waals surface area contributed by atoms with E-state index in [0.29, 0.717) is 24.6 Å². The normalized spacial score (nSPS) is 12.0. The number of hydrogen-bond donors (Lipinski definition) is 1. The number of hydrogen-bond acceptors (Lipinski definition) is 2. The van der Waals surface area contributed by atoms with Gasteiger partial charge in [0, 0.05) is 18.8 Å².